The maximum absolute atomic E-state index is 11.1. The molecule has 78 valence electrons. The zero-order valence-corrected chi connectivity index (χ0v) is 8.48. The van der Waals surface area contributed by atoms with E-state index >= 15 is 0 Å². The summed E-state index contributed by atoms with van der Waals surface area (Å²) in [6, 6.07) is 1.00. The highest BCUT2D eigenvalue weighted by atomic mass is 32.2. The summed E-state index contributed by atoms with van der Waals surface area (Å²) in [4.78, 5) is 13.2. The molecule has 6 nitrogen and oxygen atoms in total. The topological polar surface area (TPSA) is 90.2 Å². The van der Waals surface area contributed by atoms with Gasteiger partial charge in [-0.3, -0.25) is 10.1 Å². The van der Waals surface area contributed by atoms with E-state index in [1.54, 1.807) is 0 Å². The number of nitro groups is 1. The van der Waals surface area contributed by atoms with Crippen molar-refractivity contribution in [3.63, 3.8) is 0 Å². The molecule has 15 heavy (non-hydrogen) atoms. The quantitative estimate of drug-likeness (QED) is 0.413. The number of sulfone groups is 1. The molecular formula is C8H6N2O4S. The largest absolute Gasteiger partial charge is 0.307 e. The zero-order chi connectivity index (χ0) is 11.6. The van der Waals surface area contributed by atoms with Gasteiger partial charge in [-0.2, -0.15) is 0 Å². The maximum atomic E-state index is 11.1. The Balaban J connectivity index is 3.57. The summed E-state index contributed by atoms with van der Waals surface area (Å²) < 4.78 is 22.3. The summed E-state index contributed by atoms with van der Waals surface area (Å²) in [7, 11) is -3.72. The summed E-state index contributed by atoms with van der Waals surface area (Å²) in [6.07, 6.45) is 6.96. The summed E-state index contributed by atoms with van der Waals surface area (Å²) in [6.45, 7) is 0. The van der Waals surface area contributed by atoms with Crippen molar-refractivity contribution in [1.82, 2.24) is 4.98 Å². The second-order valence-electron chi connectivity index (χ2n) is 2.72. The van der Waals surface area contributed by atoms with Crippen molar-refractivity contribution in [2.75, 3.05) is 6.26 Å². The van der Waals surface area contributed by atoms with Gasteiger partial charge in [-0.1, -0.05) is 5.92 Å². The van der Waals surface area contributed by atoms with Crippen LogP contribution in [0.15, 0.2) is 17.3 Å². The second-order valence-corrected chi connectivity index (χ2v) is 4.65. The van der Waals surface area contributed by atoms with Crippen LogP contribution in [0.3, 0.4) is 0 Å². The number of nitrogens with zero attached hydrogens (tertiary/aromatic N) is 2. The van der Waals surface area contributed by atoms with Crippen molar-refractivity contribution in [3.8, 4) is 12.3 Å². The molecule has 1 aromatic rings. The van der Waals surface area contributed by atoms with Crippen LogP contribution < -0.4 is 0 Å². The molecule has 7 heteroatoms. The molecule has 1 aromatic heterocycles. The molecule has 0 bridgehead atoms. The number of aromatic nitrogens is 1. The Morgan fingerprint density at radius 2 is 2.20 bits per heavy atom. The van der Waals surface area contributed by atoms with Gasteiger partial charge in [0, 0.05) is 24.1 Å². The fourth-order valence-electron chi connectivity index (χ4n) is 0.936. The van der Waals surface area contributed by atoms with E-state index in [1.165, 1.54) is 0 Å². The lowest BCUT2D eigenvalue weighted by molar-refractivity contribution is -0.388. The van der Waals surface area contributed by atoms with E-state index < -0.39 is 25.5 Å². The minimum absolute atomic E-state index is 0.161. The molecule has 0 aromatic carbocycles. The first-order valence-corrected chi connectivity index (χ1v) is 5.56. The van der Waals surface area contributed by atoms with Gasteiger partial charge >= 0.3 is 5.69 Å². The molecule has 0 N–H and O–H groups in total. The number of terminal acetylenes is 1. The molecule has 0 saturated carbocycles. The Kier molecular flexibility index (Phi) is 2.72. The van der Waals surface area contributed by atoms with Gasteiger partial charge in [-0.05, 0) is 0 Å². The molecule has 0 aliphatic rings. The standard InChI is InChI=1S/C8H6N2O4S/c1-3-6-4-7(10(11)12)8(9-5-6)15(2,13)14/h1,4-5H,2H3. The van der Waals surface area contributed by atoms with Crippen LogP contribution in [-0.4, -0.2) is 24.6 Å². The molecule has 0 spiro atoms. The minimum Gasteiger partial charge on any atom is -0.258 e. The monoisotopic (exact) mass is 226 g/mol. The lowest BCUT2D eigenvalue weighted by Gasteiger charge is -1.99. The van der Waals surface area contributed by atoms with E-state index in [0.717, 1.165) is 18.5 Å². The Morgan fingerprint density at radius 3 is 2.60 bits per heavy atom. The number of pyridine rings is 1. The first-order chi connectivity index (χ1) is 6.86. The average Bonchev–Trinajstić information content (AvgIpc) is 2.15. The van der Waals surface area contributed by atoms with Gasteiger partial charge in [0.2, 0.25) is 5.03 Å². The van der Waals surface area contributed by atoms with Gasteiger partial charge in [0.05, 0.1) is 4.92 Å². The highest BCUT2D eigenvalue weighted by Crippen LogP contribution is 2.21. The first kappa shape index (κ1) is 11.1. The molecule has 1 heterocycles. The summed E-state index contributed by atoms with van der Waals surface area (Å²) in [5.41, 5.74) is -0.443. The molecule has 0 unspecified atom stereocenters. The Morgan fingerprint density at radius 1 is 1.60 bits per heavy atom. The third-order valence-corrected chi connectivity index (χ3v) is 2.56. The summed E-state index contributed by atoms with van der Waals surface area (Å²) >= 11 is 0. The van der Waals surface area contributed by atoms with Crippen molar-refractivity contribution < 1.29 is 13.3 Å². The number of hydrogen-bond donors (Lipinski definition) is 0. The first-order valence-electron chi connectivity index (χ1n) is 3.67. The highest BCUT2D eigenvalue weighted by molar-refractivity contribution is 7.90. The van der Waals surface area contributed by atoms with Crippen LogP contribution in [0, 0.1) is 22.5 Å². The predicted octanol–water partition coefficient (Wildman–Crippen LogP) is 0.375. The Labute approximate surface area is 86.0 Å². The van der Waals surface area contributed by atoms with E-state index in [2.05, 4.69) is 10.9 Å². The average molecular weight is 226 g/mol. The van der Waals surface area contributed by atoms with Crippen molar-refractivity contribution in [3.05, 3.63) is 27.9 Å². The third-order valence-electron chi connectivity index (χ3n) is 1.55. The molecule has 0 fully saturated rings. The molecule has 1 rings (SSSR count). The van der Waals surface area contributed by atoms with Gasteiger partial charge in [-0.15, -0.1) is 6.42 Å². The van der Waals surface area contributed by atoms with Gasteiger partial charge in [0.25, 0.3) is 0 Å². The third kappa shape index (κ3) is 2.30. The Hall–Kier alpha value is -1.94. The fourth-order valence-corrected chi connectivity index (χ4v) is 1.69. The molecule has 0 aliphatic heterocycles. The van der Waals surface area contributed by atoms with Gasteiger partial charge < -0.3 is 0 Å². The second kappa shape index (κ2) is 3.67. The van der Waals surface area contributed by atoms with Crippen LogP contribution in [0.1, 0.15) is 5.56 Å². The summed E-state index contributed by atoms with van der Waals surface area (Å²) in [5, 5.41) is 9.99. The van der Waals surface area contributed by atoms with E-state index in [9.17, 15) is 18.5 Å². The van der Waals surface area contributed by atoms with E-state index in [0.29, 0.717) is 0 Å². The van der Waals surface area contributed by atoms with Gasteiger partial charge in [-0.25, -0.2) is 13.4 Å². The maximum Gasteiger partial charge on any atom is 0.307 e. The highest BCUT2D eigenvalue weighted by Gasteiger charge is 2.23. The van der Waals surface area contributed by atoms with E-state index in [4.69, 9.17) is 6.42 Å². The van der Waals surface area contributed by atoms with Crippen LogP contribution in [0.2, 0.25) is 0 Å². The van der Waals surface area contributed by atoms with E-state index in [1.807, 2.05) is 0 Å². The van der Waals surface area contributed by atoms with Crippen LogP contribution in [0.25, 0.3) is 0 Å². The number of hydrogen-bond acceptors (Lipinski definition) is 5. The zero-order valence-electron chi connectivity index (χ0n) is 7.67. The molecule has 0 amide bonds. The fraction of sp³-hybridized carbons (Fsp3) is 0.125. The SMILES string of the molecule is C#Cc1cnc(S(C)(=O)=O)c([N+](=O)[O-])c1. The Bertz CT molecular complexity index is 556. The minimum atomic E-state index is -3.72. The van der Waals surface area contributed by atoms with Gasteiger partial charge in [0.15, 0.2) is 9.84 Å². The lowest BCUT2D eigenvalue weighted by Crippen LogP contribution is -2.05. The number of rotatable bonds is 2. The van der Waals surface area contributed by atoms with Crippen molar-refractivity contribution in [1.29, 1.82) is 0 Å². The van der Waals surface area contributed by atoms with Crippen LogP contribution in [0.4, 0.5) is 5.69 Å². The normalized spacial score (nSPS) is 10.7. The van der Waals surface area contributed by atoms with Crippen molar-refractivity contribution >= 4 is 15.5 Å². The summed E-state index contributed by atoms with van der Waals surface area (Å²) in [5.74, 6) is 2.14. The predicted molar refractivity (Wildman–Crippen MR) is 51.9 cm³/mol. The van der Waals surface area contributed by atoms with Crippen LogP contribution in [0.5, 0.6) is 0 Å². The molecular weight excluding hydrogens is 220 g/mol. The lowest BCUT2D eigenvalue weighted by atomic mass is 10.3. The van der Waals surface area contributed by atoms with Crippen LogP contribution >= 0.6 is 0 Å². The van der Waals surface area contributed by atoms with Gasteiger partial charge in [0.1, 0.15) is 0 Å². The smallest absolute Gasteiger partial charge is 0.258 e. The van der Waals surface area contributed by atoms with Crippen LogP contribution in [-0.2, 0) is 9.84 Å². The molecule has 0 atom stereocenters. The van der Waals surface area contributed by atoms with E-state index in [-0.39, 0.29) is 5.56 Å². The van der Waals surface area contributed by atoms with Crippen molar-refractivity contribution in [2.24, 2.45) is 0 Å². The molecule has 0 radical (unpaired) electrons. The molecule has 0 aliphatic carbocycles. The molecule has 0 saturated heterocycles. The van der Waals surface area contributed by atoms with Crippen molar-refractivity contribution in [2.45, 2.75) is 5.03 Å².